The van der Waals surface area contributed by atoms with Gasteiger partial charge in [0.15, 0.2) is 0 Å². The number of pyridine rings is 1. The second-order valence-corrected chi connectivity index (χ2v) is 2.67. The quantitative estimate of drug-likeness (QED) is 0.452. The van der Waals surface area contributed by atoms with Crippen LogP contribution in [0.3, 0.4) is 0 Å². The van der Waals surface area contributed by atoms with Crippen LogP contribution in [0, 0.1) is 6.92 Å². The van der Waals surface area contributed by atoms with Crippen LogP contribution in [0.2, 0.25) is 0 Å². The topological polar surface area (TPSA) is 17.3 Å². The molecule has 0 saturated carbocycles. The summed E-state index contributed by atoms with van der Waals surface area (Å²) in [5, 5.41) is 5.65. The highest BCUT2D eigenvalue weighted by Gasteiger charge is 2.15. The fourth-order valence-electron chi connectivity index (χ4n) is 1.64. The number of aromatic nitrogens is 2. The largest absolute Gasteiger partial charge is 0.232 e. The maximum Gasteiger partial charge on any atom is 0.0766 e. The summed E-state index contributed by atoms with van der Waals surface area (Å²) in [4.78, 5) is 0. The van der Waals surface area contributed by atoms with Gasteiger partial charge in [-0.1, -0.05) is 6.07 Å². The molecule has 10 heavy (non-hydrogen) atoms. The predicted octanol–water partition coefficient (Wildman–Crippen LogP) is 1.67. The SMILES string of the molecule is Cc1nn2c3cccc2c13. The lowest BCUT2D eigenvalue weighted by Gasteiger charge is -2.03. The summed E-state index contributed by atoms with van der Waals surface area (Å²) in [6.45, 7) is 2.05. The van der Waals surface area contributed by atoms with Crippen molar-refractivity contribution < 1.29 is 0 Å². The van der Waals surface area contributed by atoms with Gasteiger partial charge in [0.05, 0.1) is 16.7 Å². The van der Waals surface area contributed by atoms with Crippen molar-refractivity contribution in [2.24, 2.45) is 0 Å². The number of aryl methyl sites for hydroxylation is 1. The zero-order valence-electron chi connectivity index (χ0n) is 5.63. The summed E-state index contributed by atoms with van der Waals surface area (Å²) in [5.41, 5.74) is 3.70. The molecule has 0 N–H and O–H groups in total. The lowest BCUT2D eigenvalue weighted by molar-refractivity contribution is 0.981. The third-order valence-corrected chi connectivity index (χ3v) is 2.09. The van der Waals surface area contributed by atoms with Gasteiger partial charge in [-0.05, 0) is 19.1 Å². The van der Waals surface area contributed by atoms with Crippen molar-refractivity contribution in [1.82, 2.24) is 9.61 Å². The van der Waals surface area contributed by atoms with Gasteiger partial charge in [0.25, 0.3) is 0 Å². The van der Waals surface area contributed by atoms with Crippen molar-refractivity contribution >= 4 is 16.4 Å². The molecule has 4 aromatic heterocycles. The van der Waals surface area contributed by atoms with E-state index in [1.165, 1.54) is 16.4 Å². The second kappa shape index (κ2) is 1.10. The Labute approximate surface area is 57.7 Å². The van der Waals surface area contributed by atoms with Gasteiger partial charge in [0.1, 0.15) is 0 Å². The first-order chi connectivity index (χ1) is 4.88. The Morgan fingerprint density at radius 3 is 2.40 bits per heavy atom. The van der Waals surface area contributed by atoms with E-state index in [0.717, 1.165) is 5.69 Å². The minimum absolute atomic E-state index is 1.16. The van der Waals surface area contributed by atoms with Gasteiger partial charge in [0.2, 0.25) is 0 Å². The molecule has 0 aliphatic rings. The number of hydrogen-bond donors (Lipinski definition) is 0. The number of nitrogens with zero attached hydrogens (tertiary/aromatic N) is 2. The summed E-state index contributed by atoms with van der Waals surface area (Å²) in [7, 11) is 0. The molecule has 0 radical (unpaired) electrons. The summed E-state index contributed by atoms with van der Waals surface area (Å²) < 4.78 is 1.99. The molecule has 0 atom stereocenters. The standard InChI is InChI=1S/C8H6N2/c1-5-8-6-3-2-4-7(8)10(6)9-5/h2-4H,1H3. The summed E-state index contributed by atoms with van der Waals surface area (Å²) in [6.07, 6.45) is 0. The van der Waals surface area contributed by atoms with Crippen molar-refractivity contribution in [3.05, 3.63) is 23.9 Å². The average Bonchev–Trinajstić information content (AvgIpc) is 2.46. The highest BCUT2D eigenvalue weighted by Crippen LogP contribution is 2.30. The number of hydrogen-bond acceptors (Lipinski definition) is 1. The van der Waals surface area contributed by atoms with Crippen LogP contribution in [0.25, 0.3) is 16.4 Å². The van der Waals surface area contributed by atoms with Crippen LogP contribution in [0.4, 0.5) is 0 Å². The Hall–Kier alpha value is -1.31. The van der Waals surface area contributed by atoms with E-state index < -0.39 is 0 Å². The zero-order chi connectivity index (χ0) is 6.72. The van der Waals surface area contributed by atoms with E-state index in [1.54, 1.807) is 0 Å². The van der Waals surface area contributed by atoms with E-state index in [1.807, 2.05) is 4.52 Å². The Balaban J connectivity index is 2.79. The molecule has 4 heterocycles. The molecule has 0 saturated heterocycles. The van der Waals surface area contributed by atoms with E-state index in [9.17, 15) is 0 Å². The summed E-state index contributed by atoms with van der Waals surface area (Å²) >= 11 is 0. The number of fused-ring (bicyclic) bond motifs is 1. The van der Waals surface area contributed by atoms with Gasteiger partial charge in [-0.2, -0.15) is 5.10 Å². The van der Waals surface area contributed by atoms with Crippen molar-refractivity contribution in [3.63, 3.8) is 0 Å². The van der Waals surface area contributed by atoms with Crippen LogP contribution in [0.1, 0.15) is 5.69 Å². The average molecular weight is 130 g/mol. The molecule has 0 amide bonds. The molecular formula is C8H6N2. The van der Waals surface area contributed by atoms with Crippen molar-refractivity contribution in [2.45, 2.75) is 6.92 Å². The molecule has 2 nitrogen and oxygen atoms in total. The Morgan fingerprint density at radius 2 is 2.00 bits per heavy atom. The van der Waals surface area contributed by atoms with Crippen LogP contribution in [0.15, 0.2) is 18.2 Å². The van der Waals surface area contributed by atoms with Gasteiger partial charge in [0, 0.05) is 5.39 Å². The first-order valence-corrected chi connectivity index (χ1v) is 3.36. The minimum atomic E-state index is 1.16. The molecule has 0 aliphatic heterocycles. The van der Waals surface area contributed by atoms with Crippen LogP contribution in [-0.2, 0) is 0 Å². The predicted molar refractivity (Wildman–Crippen MR) is 39.8 cm³/mol. The highest BCUT2D eigenvalue weighted by molar-refractivity contribution is 6.04. The van der Waals surface area contributed by atoms with Crippen LogP contribution in [0.5, 0.6) is 0 Å². The van der Waals surface area contributed by atoms with Crippen LogP contribution < -0.4 is 0 Å². The lowest BCUT2D eigenvalue weighted by atomic mass is 10.1. The zero-order valence-corrected chi connectivity index (χ0v) is 5.63. The van der Waals surface area contributed by atoms with Gasteiger partial charge in [-0.3, -0.25) is 0 Å². The molecule has 0 fully saturated rings. The van der Waals surface area contributed by atoms with Gasteiger partial charge in [-0.25, -0.2) is 4.52 Å². The smallest absolute Gasteiger partial charge is 0.0766 e. The Kier molecular flexibility index (Phi) is 0.495. The van der Waals surface area contributed by atoms with E-state index in [0.29, 0.717) is 0 Å². The molecule has 4 rings (SSSR count). The summed E-state index contributed by atoms with van der Waals surface area (Å²) in [5.74, 6) is 0. The summed E-state index contributed by atoms with van der Waals surface area (Å²) in [6, 6.07) is 6.27. The van der Waals surface area contributed by atoms with Gasteiger partial charge in [-0.15, -0.1) is 0 Å². The second-order valence-electron chi connectivity index (χ2n) is 2.67. The van der Waals surface area contributed by atoms with E-state index in [4.69, 9.17) is 0 Å². The minimum Gasteiger partial charge on any atom is -0.232 e. The molecule has 0 spiro atoms. The Morgan fingerprint density at radius 1 is 1.30 bits per heavy atom. The van der Waals surface area contributed by atoms with Gasteiger partial charge >= 0.3 is 0 Å². The molecule has 4 bridgehead atoms. The van der Waals surface area contributed by atoms with E-state index >= 15 is 0 Å². The molecule has 48 valence electrons. The third kappa shape index (κ3) is 0.263. The molecule has 0 unspecified atom stereocenters. The van der Waals surface area contributed by atoms with E-state index in [-0.39, 0.29) is 0 Å². The fraction of sp³-hybridized carbons (Fsp3) is 0.125. The van der Waals surface area contributed by atoms with Crippen LogP contribution in [-0.4, -0.2) is 9.61 Å². The molecule has 2 heteroatoms. The maximum absolute atomic E-state index is 4.30. The molecule has 0 aliphatic carbocycles. The fourth-order valence-corrected chi connectivity index (χ4v) is 1.64. The van der Waals surface area contributed by atoms with Crippen LogP contribution >= 0.6 is 0 Å². The molecular weight excluding hydrogens is 124 g/mol. The highest BCUT2D eigenvalue weighted by atomic mass is 15.3. The molecule has 4 aromatic rings. The van der Waals surface area contributed by atoms with Crippen molar-refractivity contribution in [3.8, 4) is 0 Å². The normalized spacial score (nSPS) is 12.5. The van der Waals surface area contributed by atoms with Gasteiger partial charge < -0.3 is 0 Å². The Bertz CT molecular complexity index is 436. The number of benzene rings is 1. The number of rotatable bonds is 0. The molecule has 0 aromatic carbocycles. The first kappa shape index (κ1) is 4.50. The maximum atomic E-state index is 4.30. The van der Waals surface area contributed by atoms with Crippen molar-refractivity contribution in [2.75, 3.05) is 0 Å². The monoisotopic (exact) mass is 130 g/mol. The van der Waals surface area contributed by atoms with Crippen molar-refractivity contribution in [1.29, 1.82) is 0 Å². The first-order valence-electron chi connectivity index (χ1n) is 3.36. The van der Waals surface area contributed by atoms with E-state index in [2.05, 4.69) is 30.2 Å². The third-order valence-electron chi connectivity index (χ3n) is 2.09. The lowest BCUT2D eigenvalue weighted by Crippen LogP contribution is -1.91.